The maximum absolute atomic E-state index is 9.79. The fourth-order valence-corrected chi connectivity index (χ4v) is 0.772. The second kappa shape index (κ2) is 10.8. The molecule has 1 unspecified atom stereocenters. The number of allylic oxidation sites excluding steroid dienone is 1. The van der Waals surface area contributed by atoms with E-state index in [2.05, 4.69) is 10.8 Å². The summed E-state index contributed by atoms with van der Waals surface area (Å²) in [5.41, 5.74) is 0. The molecule has 1 atom stereocenters. The Morgan fingerprint density at radius 3 is 2.73 bits per heavy atom. The predicted octanol–water partition coefficient (Wildman–Crippen LogP) is -1.73. The first-order valence-corrected chi connectivity index (χ1v) is 4.11. The molecule has 62 valence electrons. The summed E-state index contributed by atoms with van der Waals surface area (Å²) in [6, 6.07) is 0. The van der Waals surface area contributed by atoms with Crippen LogP contribution in [0.25, 0.3) is 0 Å². The van der Waals surface area contributed by atoms with Gasteiger partial charge in [0.25, 0.3) is 0 Å². The Labute approximate surface area is 93.5 Å². The average Bonchev–Trinajstić information content (AvgIpc) is 1.87. The molecule has 0 rings (SSSR count). The van der Waals surface area contributed by atoms with Gasteiger partial charge in [-0.15, -0.1) is 6.58 Å². The van der Waals surface area contributed by atoms with Crippen LogP contribution in [0.15, 0.2) is 12.7 Å². The van der Waals surface area contributed by atoms with Crippen molar-refractivity contribution >= 4 is 11.4 Å². The van der Waals surface area contributed by atoms with E-state index >= 15 is 0 Å². The summed E-state index contributed by atoms with van der Waals surface area (Å²) in [7, 11) is 0. The zero-order valence-electron chi connectivity index (χ0n) is 7.75. The van der Waals surface area contributed by atoms with Gasteiger partial charge >= 0.3 is 29.6 Å². The van der Waals surface area contributed by atoms with Gasteiger partial charge in [-0.2, -0.15) is 0 Å². The Hall–Kier alpha value is 0.810. The Bertz CT molecular complexity index is 123. The van der Waals surface area contributed by atoms with Gasteiger partial charge in [0.2, 0.25) is 0 Å². The molecule has 0 aromatic carbocycles. The summed E-state index contributed by atoms with van der Waals surface area (Å²) in [6.07, 6.45) is 4.41. The number of rotatable bonds is 6. The molecule has 0 spiro atoms. The van der Waals surface area contributed by atoms with Crippen LogP contribution in [0.4, 0.5) is 0 Å². The summed E-state index contributed by atoms with van der Waals surface area (Å²) >= 11 is -2.35. The summed E-state index contributed by atoms with van der Waals surface area (Å²) in [5, 5.41) is 0. The molecule has 0 radical (unpaired) electrons. The first-order chi connectivity index (χ1) is 4.77. The van der Waals surface area contributed by atoms with E-state index in [1.807, 2.05) is 0 Å². The average molecular weight is 187 g/mol. The largest absolute Gasteiger partial charge is 1.00 e. The van der Waals surface area contributed by atoms with Crippen molar-refractivity contribution in [2.45, 2.75) is 19.3 Å². The third kappa shape index (κ3) is 13.8. The van der Waals surface area contributed by atoms with Crippen molar-refractivity contribution in [3.8, 4) is 0 Å². The van der Waals surface area contributed by atoms with Gasteiger partial charge < -0.3 is 10.2 Å². The van der Waals surface area contributed by atoms with Crippen LogP contribution in [0.5, 0.6) is 0 Å². The molecule has 0 heterocycles. The second-order valence-corrected chi connectivity index (χ2v) is 2.45. The molecule has 0 amide bonds. The molecule has 0 aliphatic carbocycles. The Morgan fingerprint density at radius 1 is 1.64 bits per heavy atom. The van der Waals surface area contributed by atoms with Crippen molar-refractivity contribution in [3.63, 3.8) is 0 Å². The third-order valence-electron chi connectivity index (χ3n) is 0.982. The van der Waals surface area contributed by atoms with Crippen LogP contribution in [-0.4, -0.2) is 15.4 Å². The van der Waals surface area contributed by atoms with E-state index in [1.165, 1.54) is 0 Å². The van der Waals surface area contributed by atoms with E-state index in [4.69, 9.17) is 0 Å². The number of hydrogen-bond acceptors (Lipinski definition) is 3. The molecule has 3 nitrogen and oxygen atoms in total. The van der Waals surface area contributed by atoms with Crippen molar-refractivity contribution in [2.75, 3.05) is 6.61 Å². The molecule has 0 fully saturated rings. The summed E-state index contributed by atoms with van der Waals surface area (Å²) in [6.45, 7) is 3.81. The molecule has 0 saturated carbocycles. The fraction of sp³-hybridized carbons (Fsp3) is 0.667. The van der Waals surface area contributed by atoms with Gasteiger partial charge in [-0.25, -0.2) is 4.21 Å². The smallest absolute Gasteiger partial charge is 1.00 e. The second-order valence-electron chi connectivity index (χ2n) is 1.81. The van der Waals surface area contributed by atoms with Gasteiger partial charge in [-0.05, 0) is 19.3 Å². The fourth-order valence-electron chi connectivity index (χ4n) is 0.518. The molecule has 11 heavy (non-hydrogen) atoms. The predicted molar refractivity (Wildman–Crippen MR) is 40.0 cm³/mol. The zero-order chi connectivity index (χ0) is 7.82. The first kappa shape index (κ1) is 14.3. The standard InChI is InChI=1S/C6H12O3S.Na.H/c1-2-3-4-5-6-9-10(7)8;;/h2H,1,3-6H2,(H,7,8);;/q;+1;-1/p-1. The normalized spacial score (nSPS) is 11.7. The maximum Gasteiger partial charge on any atom is 1.00 e. The van der Waals surface area contributed by atoms with E-state index in [0.717, 1.165) is 19.3 Å². The number of unbranched alkanes of at least 4 members (excludes halogenated alkanes) is 2. The van der Waals surface area contributed by atoms with Gasteiger partial charge in [0.15, 0.2) is 0 Å². The minimum Gasteiger partial charge on any atom is -1.00 e. The molecule has 0 aromatic heterocycles. The van der Waals surface area contributed by atoms with E-state index in [1.54, 1.807) is 6.08 Å². The molecule has 0 aromatic rings. The van der Waals surface area contributed by atoms with Gasteiger partial charge in [-0.3, -0.25) is 0 Å². The number of hydrogen-bond donors (Lipinski definition) is 0. The molecule has 0 N–H and O–H groups in total. The Balaban J connectivity index is -0.000000405. The Morgan fingerprint density at radius 2 is 2.27 bits per heavy atom. The quantitative estimate of drug-likeness (QED) is 0.215. The van der Waals surface area contributed by atoms with Crippen molar-refractivity contribution in [2.24, 2.45) is 0 Å². The van der Waals surface area contributed by atoms with Crippen LogP contribution < -0.4 is 29.6 Å². The van der Waals surface area contributed by atoms with Gasteiger partial charge in [0.05, 0.1) is 18.0 Å². The van der Waals surface area contributed by atoms with E-state index in [9.17, 15) is 8.76 Å². The van der Waals surface area contributed by atoms with Crippen LogP contribution in [0.2, 0.25) is 0 Å². The molecular formula is C6H12NaO3S-. The summed E-state index contributed by atoms with van der Waals surface area (Å²) < 4.78 is 23.8. The van der Waals surface area contributed by atoms with Crippen molar-refractivity contribution < 1.29 is 43.9 Å². The van der Waals surface area contributed by atoms with Gasteiger partial charge in [-0.1, -0.05) is 6.08 Å². The monoisotopic (exact) mass is 187 g/mol. The molecule has 5 heteroatoms. The summed E-state index contributed by atoms with van der Waals surface area (Å²) in [5.74, 6) is 0. The Kier molecular flexibility index (Phi) is 14.1. The minimum absolute atomic E-state index is 0. The van der Waals surface area contributed by atoms with Crippen LogP contribution in [0.1, 0.15) is 20.7 Å². The van der Waals surface area contributed by atoms with Crippen molar-refractivity contribution in [1.82, 2.24) is 0 Å². The molecule has 0 bridgehead atoms. The van der Waals surface area contributed by atoms with Gasteiger partial charge in [0, 0.05) is 0 Å². The van der Waals surface area contributed by atoms with E-state index in [0.29, 0.717) is 0 Å². The third-order valence-corrected chi connectivity index (χ3v) is 1.34. The molecule has 0 saturated heterocycles. The molecule has 0 aliphatic heterocycles. The van der Waals surface area contributed by atoms with Crippen molar-refractivity contribution in [1.29, 1.82) is 0 Å². The zero-order valence-corrected chi connectivity index (χ0v) is 9.56. The molecule has 0 aliphatic rings. The SMILES string of the molecule is C=CCCCCOS(=O)[O-].[H-].[Na+]. The maximum atomic E-state index is 9.79. The van der Waals surface area contributed by atoms with E-state index in [-0.39, 0.29) is 37.6 Å². The first-order valence-electron chi connectivity index (χ1n) is 3.11. The summed E-state index contributed by atoms with van der Waals surface area (Å²) in [4.78, 5) is 0. The van der Waals surface area contributed by atoms with Crippen LogP contribution in [-0.2, 0) is 15.5 Å². The van der Waals surface area contributed by atoms with Crippen LogP contribution in [0, 0.1) is 0 Å². The topological polar surface area (TPSA) is 49.4 Å². The van der Waals surface area contributed by atoms with Crippen LogP contribution in [0.3, 0.4) is 0 Å². The van der Waals surface area contributed by atoms with E-state index < -0.39 is 11.4 Å². The van der Waals surface area contributed by atoms with Gasteiger partial charge in [0.1, 0.15) is 0 Å². The molecular weight excluding hydrogens is 175 g/mol. The van der Waals surface area contributed by atoms with Crippen molar-refractivity contribution in [3.05, 3.63) is 12.7 Å². The van der Waals surface area contributed by atoms with Crippen LogP contribution >= 0.6 is 0 Å². The minimum atomic E-state index is -2.35.